The van der Waals surface area contributed by atoms with Crippen LogP contribution in [0.25, 0.3) is 10.8 Å². The number of phenolic OH excluding ortho intramolecular Hbond substituents is 1. The number of rotatable bonds is 3. The van der Waals surface area contributed by atoms with Crippen LogP contribution in [0.15, 0.2) is 60.7 Å². The quantitative estimate of drug-likeness (QED) is 0.790. The highest BCUT2D eigenvalue weighted by Crippen LogP contribution is 2.26. The second kappa shape index (κ2) is 6.13. The second-order valence-electron chi connectivity index (χ2n) is 5.86. The first-order chi connectivity index (χ1) is 11.0. The van der Waals surface area contributed by atoms with E-state index in [9.17, 15) is 9.90 Å². The number of carbonyl (C=O) groups excluding carboxylic acids is 1. The number of carbonyl (C=O) groups is 1. The van der Waals surface area contributed by atoms with Gasteiger partial charge in [0.25, 0.3) is 5.91 Å². The molecular formula is C20H19NO2. The summed E-state index contributed by atoms with van der Waals surface area (Å²) < 4.78 is 0. The molecule has 0 aliphatic rings. The van der Waals surface area contributed by atoms with Gasteiger partial charge in [-0.3, -0.25) is 4.79 Å². The standard InChI is InChI=1S/C20H19NO2/c1-14-7-9-15(10-8-14)13-21(2)20(23)18-11-16-5-3-4-6-17(16)12-19(18)22/h3-12,22H,13H2,1-2H3. The maximum Gasteiger partial charge on any atom is 0.257 e. The number of benzene rings is 3. The number of fused-ring (bicyclic) bond motifs is 1. The molecule has 0 unspecified atom stereocenters. The molecule has 0 saturated heterocycles. The van der Waals surface area contributed by atoms with Gasteiger partial charge in [0.15, 0.2) is 0 Å². The highest BCUT2D eigenvalue weighted by molar-refractivity contribution is 6.01. The first-order valence-electron chi connectivity index (χ1n) is 7.57. The van der Waals surface area contributed by atoms with Crippen molar-refractivity contribution in [2.45, 2.75) is 13.5 Å². The highest BCUT2D eigenvalue weighted by atomic mass is 16.3. The van der Waals surface area contributed by atoms with Gasteiger partial charge >= 0.3 is 0 Å². The van der Waals surface area contributed by atoms with Crippen LogP contribution < -0.4 is 0 Å². The Kier molecular flexibility index (Phi) is 4.02. The summed E-state index contributed by atoms with van der Waals surface area (Å²) in [6.07, 6.45) is 0. The van der Waals surface area contributed by atoms with Crippen LogP contribution in [0.3, 0.4) is 0 Å². The van der Waals surface area contributed by atoms with Crippen molar-refractivity contribution in [2.75, 3.05) is 7.05 Å². The molecule has 0 fully saturated rings. The van der Waals surface area contributed by atoms with Gasteiger partial charge < -0.3 is 10.0 Å². The first-order valence-corrected chi connectivity index (χ1v) is 7.57. The third-order valence-corrected chi connectivity index (χ3v) is 3.98. The fourth-order valence-electron chi connectivity index (χ4n) is 2.64. The van der Waals surface area contributed by atoms with E-state index in [1.807, 2.05) is 55.5 Å². The lowest BCUT2D eigenvalue weighted by atomic mass is 10.0. The van der Waals surface area contributed by atoms with Crippen molar-refractivity contribution in [2.24, 2.45) is 0 Å². The van der Waals surface area contributed by atoms with E-state index in [1.165, 1.54) is 5.56 Å². The number of aryl methyl sites for hydroxylation is 1. The van der Waals surface area contributed by atoms with E-state index in [0.717, 1.165) is 16.3 Å². The largest absolute Gasteiger partial charge is 0.507 e. The molecule has 3 rings (SSSR count). The van der Waals surface area contributed by atoms with Gasteiger partial charge in [0, 0.05) is 13.6 Å². The molecule has 0 spiro atoms. The molecule has 0 saturated carbocycles. The Morgan fingerprint density at radius 3 is 2.26 bits per heavy atom. The van der Waals surface area contributed by atoms with E-state index in [1.54, 1.807) is 24.1 Å². The van der Waals surface area contributed by atoms with E-state index in [4.69, 9.17) is 0 Å². The van der Waals surface area contributed by atoms with Crippen LogP contribution in [0, 0.1) is 6.92 Å². The average molecular weight is 305 g/mol. The second-order valence-corrected chi connectivity index (χ2v) is 5.86. The molecule has 1 N–H and O–H groups in total. The van der Waals surface area contributed by atoms with E-state index < -0.39 is 0 Å². The zero-order chi connectivity index (χ0) is 16.4. The number of hydrogen-bond donors (Lipinski definition) is 1. The minimum Gasteiger partial charge on any atom is -0.507 e. The van der Waals surface area contributed by atoms with Gasteiger partial charge in [-0.2, -0.15) is 0 Å². The molecule has 0 aliphatic carbocycles. The number of nitrogens with zero attached hydrogens (tertiary/aromatic N) is 1. The van der Waals surface area contributed by atoms with Crippen molar-refractivity contribution in [1.29, 1.82) is 0 Å². The Balaban J connectivity index is 1.87. The topological polar surface area (TPSA) is 40.5 Å². The van der Waals surface area contributed by atoms with Crippen molar-refractivity contribution in [3.8, 4) is 5.75 Å². The number of aromatic hydroxyl groups is 1. The molecule has 0 radical (unpaired) electrons. The van der Waals surface area contributed by atoms with Gasteiger partial charge in [-0.15, -0.1) is 0 Å². The molecular weight excluding hydrogens is 286 g/mol. The van der Waals surface area contributed by atoms with Crippen molar-refractivity contribution >= 4 is 16.7 Å². The van der Waals surface area contributed by atoms with Gasteiger partial charge in [-0.1, -0.05) is 54.1 Å². The van der Waals surface area contributed by atoms with E-state index >= 15 is 0 Å². The summed E-state index contributed by atoms with van der Waals surface area (Å²) in [5.74, 6) is -0.168. The zero-order valence-corrected chi connectivity index (χ0v) is 13.3. The third-order valence-electron chi connectivity index (χ3n) is 3.98. The Bertz CT molecular complexity index is 853. The van der Waals surface area contributed by atoms with Crippen molar-refractivity contribution < 1.29 is 9.90 Å². The summed E-state index contributed by atoms with van der Waals surface area (Å²) >= 11 is 0. The lowest BCUT2D eigenvalue weighted by molar-refractivity contribution is 0.0782. The minimum atomic E-state index is -0.186. The molecule has 3 heteroatoms. The van der Waals surface area contributed by atoms with Crippen LogP contribution in [0.5, 0.6) is 5.75 Å². The van der Waals surface area contributed by atoms with E-state index in [-0.39, 0.29) is 11.7 Å². The zero-order valence-electron chi connectivity index (χ0n) is 13.3. The van der Waals surface area contributed by atoms with Gasteiger partial charge in [-0.25, -0.2) is 0 Å². The van der Waals surface area contributed by atoms with E-state index in [0.29, 0.717) is 12.1 Å². The summed E-state index contributed by atoms with van der Waals surface area (Å²) in [5, 5.41) is 12.0. The Morgan fingerprint density at radius 1 is 1.00 bits per heavy atom. The molecule has 1 amide bonds. The smallest absolute Gasteiger partial charge is 0.257 e. The predicted molar refractivity (Wildman–Crippen MR) is 92.6 cm³/mol. The molecule has 116 valence electrons. The highest BCUT2D eigenvalue weighted by Gasteiger charge is 2.17. The summed E-state index contributed by atoms with van der Waals surface area (Å²) in [5.41, 5.74) is 2.58. The molecule has 0 aliphatic heterocycles. The molecule has 3 nitrogen and oxygen atoms in total. The maximum atomic E-state index is 12.6. The molecule has 23 heavy (non-hydrogen) atoms. The molecule has 0 atom stereocenters. The van der Waals surface area contributed by atoms with Crippen molar-refractivity contribution in [3.63, 3.8) is 0 Å². The van der Waals surface area contributed by atoms with Crippen LogP contribution in [-0.2, 0) is 6.54 Å². The van der Waals surface area contributed by atoms with Gasteiger partial charge in [0.05, 0.1) is 5.56 Å². The van der Waals surface area contributed by atoms with E-state index in [2.05, 4.69) is 0 Å². The SMILES string of the molecule is Cc1ccc(CN(C)C(=O)c2cc3ccccc3cc2O)cc1. The molecule has 0 bridgehead atoms. The number of hydrogen-bond acceptors (Lipinski definition) is 2. The summed E-state index contributed by atoms with van der Waals surface area (Å²) in [7, 11) is 1.75. The summed E-state index contributed by atoms with van der Waals surface area (Å²) in [6.45, 7) is 2.54. The van der Waals surface area contributed by atoms with Gasteiger partial charge in [0.2, 0.25) is 0 Å². The molecule has 0 aromatic heterocycles. The average Bonchev–Trinajstić information content (AvgIpc) is 2.55. The van der Waals surface area contributed by atoms with Crippen LogP contribution in [-0.4, -0.2) is 23.0 Å². The third kappa shape index (κ3) is 3.19. The monoisotopic (exact) mass is 305 g/mol. The Hall–Kier alpha value is -2.81. The van der Waals surface area contributed by atoms with Crippen LogP contribution in [0.2, 0.25) is 0 Å². The van der Waals surface area contributed by atoms with Gasteiger partial charge in [-0.05, 0) is 35.4 Å². The molecule has 3 aromatic carbocycles. The lowest BCUT2D eigenvalue weighted by Crippen LogP contribution is -2.26. The lowest BCUT2D eigenvalue weighted by Gasteiger charge is -2.18. The Labute approximate surface area is 135 Å². The fourth-order valence-corrected chi connectivity index (χ4v) is 2.64. The van der Waals surface area contributed by atoms with Crippen LogP contribution in [0.1, 0.15) is 21.5 Å². The summed E-state index contributed by atoms with van der Waals surface area (Å²) in [6, 6.07) is 19.2. The first kappa shape index (κ1) is 15.1. The van der Waals surface area contributed by atoms with Crippen molar-refractivity contribution in [1.82, 2.24) is 4.90 Å². The molecule has 0 heterocycles. The number of phenols is 1. The maximum absolute atomic E-state index is 12.6. The normalized spacial score (nSPS) is 10.7. The van der Waals surface area contributed by atoms with Crippen LogP contribution in [0.4, 0.5) is 0 Å². The number of amides is 1. The Morgan fingerprint density at radius 2 is 1.61 bits per heavy atom. The summed E-state index contributed by atoms with van der Waals surface area (Å²) in [4.78, 5) is 14.3. The molecule has 3 aromatic rings. The van der Waals surface area contributed by atoms with Crippen LogP contribution >= 0.6 is 0 Å². The predicted octanol–water partition coefficient (Wildman–Crippen LogP) is 4.13. The fraction of sp³-hybridized carbons (Fsp3) is 0.150. The van der Waals surface area contributed by atoms with Crippen molar-refractivity contribution in [3.05, 3.63) is 77.4 Å². The van der Waals surface area contributed by atoms with Gasteiger partial charge in [0.1, 0.15) is 5.75 Å². The minimum absolute atomic E-state index is 0.0180.